The molecule has 2 rings (SSSR count). The van der Waals surface area contributed by atoms with Crippen molar-refractivity contribution in [2.24, 2.45) is 0 Å². The van der Waals surface area contributed by atoms with Crippen molar-refractivity contribution in [2.75, 3.05) is 18.4 Å². The molecule has 0 aliphatic heterocycles. The summed E-state index contributed by atoms with van der Waals surface area (Å²) in [4.78, 5) is 15.6. The molecule has 0 aliphatic carbocycles. The molecule has 21 heavy (non-hydrogen) atoms. The molecule has 0 aliphatic rings. The number of para-hydroxylation sites is 1. The molecule has 1 heterocycles. The van der Waals surface area contributed by atoms with Gasteiger partial charge in [-0.05, 0) is 28.1 Å². The van der Waals surface area contributed by atoms with E-state index < -0.39 is 18.6 Å². The van der Waals surface area contributed by atoms with Gasteiger partial charge in [-0.15, -0.1) is 0 Å². The maximum atomic E-state index is 12.0. The van der Waals surface area contributed by atoms with E-state index in [0.717, 1.165) is 9.86 Å². The Labute approximate surface area is 126 Å². The molecule has 8 heteroatoms. The van der Waals surface area contributed by atoms with E-state index in [1.54, 1.807) is 23.6 Å². The molecule has 0 spiro atoms. The SMILES string of the molecule is O=C(CNc1cccc2cc(Br)cnc12)NCC(F)(F)F. The number of alkyl halides is 3. The fourth-order valence-electron chi connectivity index (χ4n) is 1.71. The molecular formula is C13H11BrF3N3O. The molecule has 0 saturated carbocycles. The first kappa shape index (κ1) is 15.6. The maximum absolute atomic E-state index is 12.0. The first-order chi connectivity index (χ1) is 9.85. The molecule has 0 fully saturated rings. The molecule has 1 aromatic carbocycles. The fraction of sp³-hybridized carbons (Fsp3) is 0.231. The Morgan fingerprint density at radius 1 is 1.33 bits per heavy atom. The van der Waals surface area contributed by atoms with Gasteiger partial charge in [-0.3, -0.25) is 9.78 Å². The molecule has 0 atom stereocenters. The van der Waals surface area contributed by atoms with E-state index in [4.69, 9.17) is 0 Å². The summed E-state index contributed by atoms with van der Waals surface area (Å²) in [5.41, 5.74) is 1.23. The number of nitrogens with zero attached hydrogens (tertiary/aromatic N) is 1. The summed E-state index contributed by atoms with van der Waals surface area (Å²) < 4.78 is 36.7. The Bertz CT molecular complexity index is 661. The van der Waals surface area contributed by atoms with E-state index in [2.05, 4.69) is 26.2 Å². The molecule has 2 N–H and O–H groups in total. The average molecular weight is 362 g/mol. The van der Waals surface area contributed by atoms with Crippen LogP contribution < -0.4 is 10.6 Å². The third kappa shape index (κ3) is 4.59. The zero-order chi connectivity index (χ0) is 15.5. The Balaban J connectivity index is 2.02. The maximum Gasteiger partial charge on any atom is 0.405 e. The Morgan fingerprint density at radius 3 is 2.81 bits per heavy atom. The van der Waals surface area contributed by atoms with E-state index >= 15 is 0 Å². The lowest BCUT2D eigenvalue weighted by atomic mass is 10.2. The van der Waals surface area contributed by atoms with Gasteiger partial charge in [0.2, 0.25) is 5.91 Å². The van der Waals surface area contributed by atoms with Gasteiger partial charge in [0.15, 0.2) is 0 Å². The van der Waals surface area contributed by atoms with Gasteiger partial charge in [0, 0.05) is 16.1 Å². The smallest absolute Gasteiger partial charge is 0.374 e. The molecule has 2 aromatic rings. The summed E-state index contributed by atoms with van der Waals surface area (Å²) in [5.74, 6) is -0.735. The van der Waals surface area contributed by atoms with E-state index in [9.17, 15) is 18.0 Å². The second-order valence-electron chi connectivity index (χ2n) is 4.28. The number of amides is 1. The van der Waals surface area contributed by atoms with Crippen molar-refractivity contribution < 1.29 is 18.0 Å². The molecule has 0 saturated heterocycles. The van der Waals surface area contributed by atoms with Gasteiger partial charge in [0.05, 0.1) is 17.7 Å². The van der Waals surface area contributed by atoms with Crippen molar-refractivity contribution in [3.8, 4) is 0 Å². The van der Waals surface area contributed by atoms with E-state index in [-0.39, 0.29) is 6.54 Å². The van der Waals surface area contributed by atoms with Crippen LogP contribution in [0.1, 0.15) is 0 Å². The molecule has 1 amide bonds. The molecular weight excluding hydrogens is 351 g/mol. The quantitative estimate of drug-likeness (QED) is 0.879. The van der Waals surface area contributed by atoms with Crippen molar-refractivity contribution in [3.05, 3.63) is 34.9 Å². The van der Waals surface area contributed by atoms with Crippen molar-refractivity contribution in [1.82, 2.24) is 10.3 Å². The van der Waals surface area contributed by atoms with Crippen molar-refractivity contribution >= 4 is 38.4 Å². The number of halogens is 4. The minimum Gasteiger partial charge on any atom is -0.374 e. The normalized spacial score (nSPS) is 11.4. The number of benzene rings is 1. The minimum atomic E-state index is -4.41. The van der Waals surface area contributed by atoms with E-state index in [1.165, 1.54) is 0 Å². The summed E-state index contributed by atoms with van der Waals surface area (Å²) in [6.45, 7) is -1.60. The Hall–Kier alpha value is -1.83. The van der Waals surface area contributed by atoms with E-state index in [0.29, 0.717) is 11.2 Å². The summed E-state index contributed by atoms with van der Waals surface area (Å²) in [7, 11) is 0. The van der Waals surface area contributed by atoms with Crippen LogP contribution in [0.2, 0.25) is 0 Å². The zero-order valence-electron chi connectivity index (χ0n) is 10.7. The van der Waals surface area contributed by atoms with Gasteiger partial charge in [-0.2, -0.15) is 13.2 Å². The van der Waals surface area contributed by atoms with Crippen LogP contribution in [0.15, 0.2) is 34.9 Å². The van der Waals surface area contributed by atoms with Crippen LogP contribution in [0.4, 0.5) is 18.9 Å². The number of rotatable bonds is 4. The van der Waals surface area contributed by atoms with Crippen molar-refractivity contribution in [1.29, 1.82) is 0 Å². The summed E-state index contributed by atoms with van der Waals surface area (Å²) in [6, 6.07) is 7.19. The highest BCUT2D eigenvalue weighted by atomic mass is 79.9. The third-order valence-electron chi connectivity index (χ3n) is 2.60. The molecule has 112 valence electrons. The van der Waals surface area contributed by atoms with Gasteiger partial charge in [-0.1, -0.05) is 12.1 Å². The van der Waals surface area contributed by atoms with Gasteiger partial charge in [0.25, 0.3) is 0 Å². The van der Waals surface area contributed by atoms with Crippen molar-refractivity contribution in [3.63, 3.8) is 0 Å². The molecule has 1 aromatic heterocycles. The monoisotopic (exact) mass is 361 g/mol. The number of anilines is 1. The van der Waals surface area contributed by atoms with Gasteiger partial charge in [-0.25, -0.2) is 0 Å². The van der Waals surface area contributed by atoms with Crippen LogP contribution in [0.25, 0.3) is 10.9 Å². The number of carbonyl (C=O) groups is 1. The molecule has 4 nitrogen and oxygen atoms in total. The topological polar surface area (TPSA) is 54.0 Å². The highest BCUT2D eigenvalue weighted by Gasteiger charge is 2.27. The summed E-state index contributed by atoms with van der Waals surface area (Å²) in [6.07, 6.45) is -2.81. The number of fused-ring (bicyclic) bond motifs is 1. The Kier molecular flexibility index (Phi) is 4.66. The summed E-state index contributed by atoms with van der Waals surface area (Å²) >= 11 is 3.30. The van der Waals surface area contributed by atoms with Crippen LogP contribution in [-0.2, 0) is 4.79 Å². The first-order valence-corrected chi connectivity index (χ1v) is 6.76. The number of carbonyl (C=O) groups excluding carboxylic acids is 1. The van der Waals surface area contributed by atoms with Gasteiger partial charge >= 0.3 is 6.18 Å². The highest BCUT2D eigenvalue weighted by Crippen LogP contribution is 2.23. The molecule has 0 unspecified atom stereocenters. The van der Waals surface area contributed by atoms with Gasteiger partial charge < -0.3 is 10.6 Å². The predicted octanol–water partition coefficient (Wildman–Crippen LogP) is 3.09. The second kappa shape index (κ2) is 6.30. The fourth-order valence-corrected chi connectivity index (χ4v) is 2.06. The van der Waals surface area contributed by atoms with Crippen LogP contribution >= 0.6 is 15.9 Å². The van der Waals surface area contributed by atoms with E-state index in [1.807, 2.05) is 12.1 Å². The highest BCUT2D eigenvalue weighted by molar-refractivity contribution is 9.10. The Morgan fingerprint density at radius 2 is 2.10 bits per heavy atom. The first-order valence-electron chi connectivity index (χ1n) is 5.97. The van der Waals surface area contributed by atoms with Crippen LogP contribution in [0, 0.1) is 0 Å². The lowest BCUT2D eigenvalue weighted by Gasteiger charge is -2.11. The van der Waals surface area contributed by atoms with Gasteiger partial charge in [0.1, 0.15) is 6.54 Å². The lowest BCUT2D eigenvalue weighted by Crippen LogP contribution is -2.37. The average Bonchev–Trinajstić information content (AvgIpc) is 2.41. The van der Waals surface area contributed by atoms with Crippen LogP contribution in [0.5, 0.6) is 0 Å². The number of hydrogen-bond donors (Lipinski definition) is 2. The lowest BCUT2D eigenvalue weighted by molar-refractivity contribution is -0.137. The number of aromatic nitrogens is 1. The molecule has 0 radical (unpaired) electrons. The summed E-state index contributed by atoms with van der Waals surface area (Å²) in [5, 5.41) is 5.43. The predicted molar refractivity (Wildman–Crippen MR) is 77.0 cm³/mol. The molecule has 0 bridgehead atoms. The van der Waals surface area contributed by atoms with Crippen LogP contribution in [-0.4, -0.2) is 30.2 Å². The number of nitrogens with one attached hydrogen (secondary N) is 2. The minimum absolute atomic E-state index is 0.257. The number of pyridine rings is 1. The largest absolute Gasteiger partial charge is 0.405 e. The third-order valence-corrected chi connectivity index (χ3v) is 3.04. The standard InChI is InChI=1S/C13H11BrF3N3O/c14-9-4-8-2-1-3-10(12(8)19-5-9)18-6-11(21)20-7-13(15,16)17/h1-5,18H,6-7H2,(H,20,21). The second-order valence-corrected chi connectivity index (χ2v) is 5.19. The zero-order valence-corrected chi connectivity index (χ0v) is 12.3. The van der Waals surface area contributed by atoms with Crippen LogP contribution in [0.3, 0.4) is 0 Å². The number of hydrogen-bond acceptors (Lipinski definition) is 3. The van der Waals surface area contributed by atoms with Crippen molar-refractivity contribution in [2.45, 2.75) is 6.18 Å².